The van der Waals surface area contributed by atoms with Crippen LogP contribution in [0.25, 0.3) is 0 Å². The molecule has 0 spiro atoms. The summed E-state index contributed by atoms with van der Waals surface area (Å²) >= 11 is 6.01. The number of phenolic OH excluding ortho intramolecular Hbond substituents is 1. The second-order valence-electron chi connectivity index (χ2n) is 5.34. The molecule has 20 heavy (non-hydrogen) atoms. The predicted molar refractivity (Wildman–Crippen MR) is 82.1 cm³/mol. The third-order valence-corrected chi connectivity index (χ3v) is 4.12. The maximum absolute atomic E-state index is 9.58. The fraction of sp³-hybridized carbons (Fsp3) is 0.294. The Labute approximate surface area is 124 Å². The standard InChI is InChI=1S/C17H18ClNO/c18-14-5-1-3-12(9-14)11-19-17-6-2-4-13-10-15(20)7-8-16(13)17/h1,3,5,7-10,17,19-20H,2,4,6,11H2. The van der Waals surface area contributed by atoms with Gasteiger partial charge < -0.3 is 10.4 Å². The fourth-order valence-electron chi connectivity index (χ4n) is 2.90. The van der Waals surface area contributed by atoms with Crippen molar-refractivity contribution in [1.29, 1.82) is 0 Å². The first kappa shape index (κ1) is 13.5. The monoisotopic (exact) mass is 287 g/mol. The van der Waals surface area contributed by atoms with Crippen molar-refractivity contribution in [2.24, 2.45) is 0 Å². The summed E-state index contributed by atoms with van der Waals surface area (Å²) in [6.07, 6.45) is 3.35. The number of nitrogens with one attached hydrogen (secondary N) is 1. The fourth-order valence-corrected chi connectivity index (χ4v) is 3.11. The molecule has 0 heterocycles. The number of rotatable bonds is 3. The van der Waals surface area contributed by atoms with Crippen LogP contribution in [0, 0.1) is 0 Å². The molecule has 1 aliphatic carbocycles. The predicted octanol–water partition coefficient (Wildman–Crippen LogP) is 4.21. The molecule has 2 nitrogen and oxygen atoms in total. The lowest BCUT2D eigenvalue weighted by molar-refractivity contribution is 0.449. The van der Waals surface area contributed by atoms with Gasteiger partial charge in [0.2, 0.25) is 0 Å². The Bertz CT molecular complexity index is 612. The molecule has 1 aliphatic rings. The van der Waals surface area contributed by atoms with Gasteiger partial charge in [0.1, 0.15) is 5.75 Å². The highest BCUT2D eigenvalue weighted by Gasteiger charge is 2.19. The molecule has 2 aromatic carbocycles. The molecule has 2 N–H and O–H groups in total. The van der Waals surface area contributed by atoms with Crippen molar-refractivity contribution in [3.63, 3.8) is 0 Å². The Hall–Kier alpha value is -1.51. The molecule has 2 aromatic rings. The first-order valence-corrected chi connectivity index (χ1v) is 7.40. The number of aryl methyl sites for hydroxylation is 1. The van der Waals surface area contributed by atoms with E-state index in [4.69, 9.17) is 11.6 Å². The maximum atomic E-state index is 9.58. The average molecular weight is 288 g/mol. The van der Waals surface area contributed by atoms with Crippen molar-refractivity contribution in [2.75, 3.05) is 0 Å². The van der Waals surface area contributed by atoms with E-state index in [-0.39, 0.29) is 0 Å². The van der Waals surface area contributed by atoms with Crippen LogP contribution in [-0.4, -0.2) is 5.11 Å². The number of benzene rings is 2. The largest absolute Gasteiger partial charge is 0.508 e. The van der Waals surface area contributed by atoms with Crippen molar-refractivity contribution >= 4 is 11.6 Å². The zero-order valence-electron chi connectivity index (χ0n) is 11.3. The van der Waals surface area contributed by atoms with Gasteiger partial charge in [0.25, 0.3) is 0 Å². The molecule has 0 fully saturated rings. The van der Waals surface area contributed by atoms with Gasteiger partial charge in [0, 0.05) is 17.6 Å². The van der Waals surface area contributed by atoms with Gasteiger partial charge in [0.15, 0.2) is 0 Å². The SMILES string of the molecule is Oc1ccc2c(c1)CCCC2NCc1cccc(Cl)c1. The molecule has 0 aromatic heterocycles. The zero-order valence-corrected chi connectivity index (χ0v) is 12.0. The van der Waals surface area contributed by atoms with Gasteiger partial charge in [-0.3, -0.25) is 0 Å². The number of phenols is 1. The molecule has 0 saturated heterocycles. The summed E-state index contributed by atoms with van der Waals surface area (Å²) in [6.45, 7) is 0.811. The van der Waals surface area contributed by atoms with Crippen LogP contribution in [0.5, 0.6) is 5.75 Å². The molecule has 3 rings (SSSR count). The minimum Gasteiger partial charge on any atom is -0.508 e. The topological polar surface area (TPSA) is 32.3 Å². The van der Waals surface area contributed by atoms with E-state index in [9.17, 15) is 5.11 Å². The molecular formula is C17H18ClNO. The minimum atomic E-state index is 0.360. The van der Waals surface area contributed by atoms with E-state index < -0.39 is 0 Å². The molecule has 0 bridgehead atoms. The summed E-state index contributed by atoms with van der Waals surface area (Å²) in [5.74, 6) is 0.360. The average Bonchev–Trinajstić information content (AvgIpc) is 2.44. The van der Waals surface area contributed by atoms with Gasteiger partial charge in [-0.1, -0.05) is 29.8 Å². The lowest BCUT2D eigenvalue weighted by Gasteiger charge is -2.26. The molecule has 0 radical (unpaired) electrons. The van der Waals surface area contributed by atoms with E-state index in [0.29, 0.717) is 11.8 Å². The normalized spacial score (nSPS) is 17.8. The van der Waals surface area contributed by atoms with Crippen LogP contribution in [0.4, 0.5) is 0 Å². The van der Waals surface area contributed by atoms with E-state index in [0.717, 1.165) is 30.8 Å². The summed E-state index contributed by atoms with van der Waals surface area (Å²) in [5, 5.41) is 14.0. The Balaban J connectivity index is 1.73. The quantitative estimate of drug-likeness (QED) is 0.886. The maximum Gasteiger partial charge on any atom is 0.115 e. The molecule has 104 valence electrons. The smallest absolute Gasteiger partial charge is 0.115 e. The Kier molecular flexibility index (Phi) is 3.95. The Morgan fingerprint density at radius 3 is 2.95 bits per heavy atom. The van der Waals surface area contributed by atoms with E-state index in [2.05, 4.69) is 11.4 Å². The first-order valence-electron chi connectivity index (χ1n) is 7.02. The summed E-state index contributed by atoms with van der Waals surface area (Å²) in [6, 6.07) is 14.0. The highest BCUT2D eigenvalue weighted by atomic mass is 35.5. The van der Waals surface area contributed by atoms with Gasteiger partial charge >= 0.3 is 0 Å². The highest BCUT2D eigenvalue weighted by molar-refractivity contribution is 6.30. The number of hydrogen-bond donors (Lipinski definition) is 2. The molecule has 3 heteroatoms. The summed E-state index contributed by atoms with van der Waals surface area (Å²) in [7, 11) is 0. The van der Waals surface area contributed by atoms with Gasteiger partial charge in [-0.05, 0) is 60.2 Å². The van der Waals surface area contributed by atoms with E-state index in [1.54, 1.807) is 6.07 Å². The number of aromatic hydroxyl groups is 1. The molecule has 1 unspecified atom stereocenters. The Morgan fingerprint density at radius 1 is 1.20 bits per heavy atom. The molecule has 0 aliphatic heterocycles. The summed E-state index contributed by atoms with van der Waals surface area (Å²) in [4.78, 5) is 0. The van der Waals surface area contributed by atoms with Crippen molar-refractivity contribution in [1.82, 2.24) is 5.32 Å². The third kappa shape index (κ3) is 2.97. The van der Waals surface area contributed by atoms with Gasteiger partial charge in [-0.15, -0.1) is 0 Å². The van der Waals surface area contributed by atoms with E-state index >= 15 is 0 Å². The van der Waals surface area contributed by atoms with Crippen LogP contribution in [0.2, 0.25) is 5.02 Å². The van der Waals surface area contributed by atoms with Crippen LogP contribution in [0.15, 0.2) is 42.5 Å². The van der Waals surface area contributed by atoms with Crippen molar-refractivity contribution in [2.45, 2.75) is 31.8 Å². The molecular weight excluding hydrogens is 270 g/mol. The van der Waals surface area contributed by atoms with E-state index in [1.807, 2.05) is 30.3 Å². The molecule has 0 saturated carbocycles. The summed E-state index contributed by atoms with van der Waals surface area (Å²) in [5.41, 5.74) is 3.78. The van der Waals surface area contributed by atoms with Crippen LogP contribution in [0.1, 0.15) is 35.6 Å². The van der Waals surface area contributed by atoms with Crippen LogP contribution in [0.3, 0.4) is 0 Å². The lowest BCUT2D eigenvalue weighted by Crippen LogP contribution is -2.24. The third-order valence-electron chi connectivity index (χ3n) is 3.88. The van der Waals surface area contributed by atoms with E-state index in [1.165, 1.54) is 16.7 Å². The number of hydrogen-bond acceptors (Lipinski definition) is 2. The first-order chi connectivity index (χ1) is 9.72. The van der Waals surface area contributed by atoms with Crippen LogP contribution in [-0.2, 0) is 13.0 Å². The second kappa shape index (κ2) is 5.86. The second-order valence-corrected chi connectivity index (χ2v) is 5.78. The molecule has 1 atom stereocenters. The van der Waals surface area contributed by atoms with Crippen LogP contribution >= 0.6 is 11.6 Å². The van der Waals surface area contributed by atoms with Gasteiger partial charge in [0.05, 0.1) is 0 Å². The number of fused-ring (bicyclic) bond motifs is 1. The lowest BCUT2D eigenvalue weighted by atomic mass is 9.87. The van der Waals surface area contributed by atoms with Crippen molar-refractivity contribution in [3.05, 3.63) is 64.2 Å². The highest BCUT2D eigenvalue weighted by Crippen LogP contribution is 2.32. The van der Waals surface area contributed by atoms with Gasteiger partial charge in [-0.2, -0.15) is 0 Å². The number of halogens is 1. The zero-order chi connectivity index (χ0) is 13.9. The molecule has 0 amide bonds. The van der Waals surface area contributed by atoms with Crippen molar-refractivity contribution in [3.8, 4) is 5.75 Å². The summed E-state index contributed by atoms with van der Waals surface area (Å²) < 4.78 is 0. The van der Waals surface area contributed by atoms with Crippen molar-refractivity contribution < 1.29 is 5.11 Å². The van der Waals surface area contributed by atoms with Crippen LogP contribution < -0.4 is 5.32 Å². The minimum absolute atomic E-state index is 0.360. The Morgan fingerprint density at radius 2 is 2.10 bits per heavy atom. The van der Waals surface area contributed by atoms with Gasteiger partial charge in [-0.25, -0.2) is 0 Å².